The Hall–Kier alpha value is -9.50. The van der Waals surface area contributed by atoms with Crippen LogP contribution in [0.1, 0.15) is 5.56 Å². The molecule has 13 aromatic rings. The van der Waals surface area contributed by atoms with Gasteiger partial charge in [0.2, 0.25) is 0 Å². The van der Waals surface area contributed by atoms with Crippen molar-refractivity contribution in [2.45, 2.75) is 6.92 Å². The molecule has 0 N–H and O–H groups in total. The number of hydrogen-bond donors (Lipinski definition) is 0. The van der Waals surface area contributed by atoms with Crippen molar-refractivity contribution in [2.75, 3.05) is 9.80 Å². The Balaban J connectivity index is 0.880. The molecular formula is C71H50N2. The van der Waals surface area contributed by atoms with E-state index < -0.39 is 0 Å². The molecule has 0 spiro atoms. The van der Waals surface area contributed by atoms with E-state index in [0.717, 1.165) is 34.1 Å². The smallest absolute Gasteiger partial charge is 0.0540 e. The predicted molar refractivity (Wildman–Crippen MR) is 311 cm³/mol. The van der Waals surface area contributed by atoms with Crippen molar-refractivity contribution in [1.29, 1.82) is 0 Å². The number of para-hydroxylation sites is 2. The minimum Gasteiger partial charge on any atom is -0.310 e. The first-order chi connectivity index (χ1) is 36.1. The second-order valence-electron chi connectivity index (χ2n) is 18.9. The van der Waals surface area contributed by atoms with Gasteiger partial charge < -0.3 is 9.80 Å². The summed E-state index contributed by atoms with van der Waals surface area (Å²) in [5.41, 5.74) is 19.9. The molecule has 0 aromatic heterocycles. The highest BCUT2D eigenvalue weighted by Crippen LogP contribution is 2.46. The van der Waals surface area contributed by atoms with Gasteiger partial charge in [0.1, 0.15) is 0 Å². The third-order valence-electron chi connectivity index (χ3n) is 14.5. The number of anilines is 6. The predicted octanol–water partition coefficient (Wildman–Crippen LogP) is 20.2. The van der Waals surface area contributed by atoms with Crippen LogP contribution in [-0.4, -0.2) is 0 Å². The van der Waals surface area contributed by atoms with Gasteiger partial charge >= 0.3 is 0 Å². The van der Waals surface area contributed by atoms with Gasteiger partial charge in [0, 0.05) is 33.9 Å². The molecule has 0 amide bonds. The van der Waals surface area contributed by atoms with Crippen molar-refractivity contribution < 1.29 is 0 Å². The van der Waals surface area contributed by atoms with Crippen LogP contribution in [-0.2, 0) is 0 Å². The molecule has 0 aliphatic heterocycles. The maximum absolute atomic E-state index is 2.39. The van der Waals surface area contributed by atoms with Gasteiger partial charge in [-0.25, -0.2) is 0 Å². The summed E-state index contributed by atoms with van der Waals surface area (Å²) in [5.74, 6) is 0. The van der Waals surface area contributed by atoms with Gasteiger partial charge in [-0.15, -0.1) is 0 Å². The number of hydrogen-bond acceptors (Lipinski definition) is 2. The molecule has 13 rings (SSSR count). The summed E-state index contributed by atoms with van der Waals surface area (Å²) in [5, 5.41) is 7.60. The van der Waals surface area contributed by atoms with Crippen molar-refractivity contribution >= 4 is 66.4 Å². The van der Waals surface area contributed by atoms with Crippen LogP contribution in [0, 0.1) is 6.92 Å². The maximum Gasteiger partial charge on any atom is 0.0540 e. The molecule has 2 nitrogen and oxygen atoms in total. The van der Waals surface area contributed by atoms with Crippen LogP contribution in [0.5, 0.6) is 0 Å². The van der Waals surface area contributed by atoms with Gasteiger partial charge in [0.25, 0.3) is 0 Å². The third kappa shape index (κ3) is 8.06. The molecule has 0 atom stereocenters. The van der Waals surface area contributed by atoms with Crippen LogP contribution in [0.4, 0.5) is 34.1 Å². The normalized spacial score (nSPS) is 11.4. The first-order valence-corrected chi connectivity index (χ1v) is 25.2. The van der Waals surface area contributed by atoms with Gasteiger partial charge in [0.05, 0.1) is 11.4 Å². The summed E-state index contributed by atoms with van der Waals surface area (Å²) in [4.78, 5) is 4.77. The molecule has 0 unspecified atom stereocenters. The number of aryl methyl sites for hydroxylation is 1. The van der Waals surface area contributed by atoms with E-state index in [1.165, 1.54) is 93.5 Å². The Morgan fingerprint density at radius 2 is 0.521 bits per heavy atom. The maximum atomic E-state index is 2.39. The fraction of sp³-hybridized carbons (Fsp3) is 0.0141. The molecule has 0 fully saturated rings. The molecule has 13 aromatic carbocycles. The lowest BCUT2D eigenvalue weighted by Gasteiger charge is -2.28. The molecule has 0 aliphatic carbocycles. The molecule has 0 heterocycles. The van der Waals surface area contributed by atoms with Crippen molar-refractivity contribution in [3.8, 4) is 55.6 Å². The molecule has 0 bridgehead atoms. The van der Waals surface area contributed by atoms with Gasteiger partial charge in [-0.3, -0.25) is 0 Å². The zero-order chi connectivity index (χ0) is 48.7. The van der Waals surface area contributed by atoms with E-state index >= 15 is 0 Å². The topological polar surface area (TPSA) is 6.48 Å². The highest BCUT2D eigenvalue weighted by molar-refractivity contribution is 6.27. The summed E-state index contributed by atoms with van der Waals surface area (Å²) < 4.78 is 0. The summed E-state index contributed by atoms with van der Waals surface area (Å²) in [6.45, 7) is 2.14. The van der Waals surface area contributed by atoms with Gasteiger partial charge in [-0.1, -0.05) is 230 Å². The lowest BCUT2D eigenvalue weighted by atomic mass is 9.87. The Morgan fingerprint density at radius 1 is 0.219 bits per heavy atom. The van der Waals surface area contributed by atoms with Gasteiger partial charge in [-0.05, 0) is 144 Å². The molecule has 73 heavy (non-hydrogen) atoms. The minimum atomic E-state index is 1.09. The first-order valence-electron chi connectivity index (χ1n) is 25.2. The average molecular weight is 931 g/mol. The highest BCUT2D eigenvalue weighted by atomic mass is 15.1. The Bertz CT molecular complexity index is 4030. The summed E-state index contributed by atoms with van der Waals surface area (Å²) in [6, 6.07) is 104. The second-order valence-corrected chi connectivity index (χ2v) is 18.9. The molecular weight excluding hydrogens is 881 g/mol. The largest absolute Gasteiger partial charge is 0.310 e. The van der Waals surface area contributed by atoms with Crippen molar-refractivity contribution in [3.05, 3.63) is 291 Å². The van der Waals surface area contributed by atoms with Crippen molar-refractivity contribution in [1.82, 2.24) is 0 Å². The summed E-state index contributed by atoms with van der Waals surface area (Å²) >= 11 is 0. The van der Waals surface area contributed by atoms with Crippen molar-refractivity contribution in [3.63, 3.8) is 0 Å². The lowest BCUT2D eigenvalue weighted by Crippen LogP contribution is -2.11. The second kappa shape index (κ2) is 18.7. The first kappa shape index (κ1) is 43.5. The molecule has 344 valence electrons. The van der Waals surface area contributed by atoms with Gasteiger partial charge in [0.15, 0.2) is 0 Å². The zero-order valence-corrected chi connectivity index (χ0v) is 40.5. The quantitative estimate of drug-likeness (QED) is 0.119. The number of benzene rings is 13. The fourth-order valence-electron chi connectivity index (χ4n) is 10.9. The molecule has 0 radical (unpaired) electrons. The van der Waals surface area contributed by atoms with Crippen LogP contribution < -0.4 is 9.80 Å². The van der Waals surface area contributed by atoms with Crippen LogP contribution in [0.3, 0.4) is 0 Å². The Kier molecular flexibility index (Phi) is 11.1. The zero-order valence-electron chi connectivity index (χ0n) is 40.5. The van der Waals surface area contributed by atoms with Crippen LogP contribution in [0.15, 0.2) is 285 Å². The number of rotatable bonds is 11. The van der Waals surface area contributed by atoms with E-state index in [-0.39, 0.29) is 0 Å². The summed E-state index contributed by atoms with van der Waals surface area (Å²) in [6.07, 6.45) is 0. The average Bonchev–Trinajstić information content (AvgIpc) is 3.46. The lowest BCUT2D eigenvalue weighted by molar-refractivity contribution is 1.28. The van der Waals surface area contributed by atoms with E-state index in [1.807, 2.05) is 0 Å². The van der Waals surface area contributed by atoms with Gasteiger partial charge in [-0.2, -0.15) is 0 Å². The third-order valence-corrected chi connectivity index (χ3v) is 14.5. The Morgan fingerprint density at radius 3 is 0.932 bits per heavy atom. The van der Waals surface area contributed by atoms with Crippen LogP contribution in [0.25, 0.3) is 88.0 Å². The molecule has 0 aliphatic rings. The summed E-state index contributed by atoms with van der Waals surface area (Å²) in [7, 11) is 0. The van der Waals surface area contributed by atoms with E-state index in [4.69, 9.17) is 0 Å². The Labute approximate surface area is 427 Å². The van der Waals surface area contributed by atoms with E-state index in [9.17, 15) is 0 Å². The minimum absolute atomic E-state index is 1.09. The van der Waals surface area contributed by atoms with E-state index in [1.54, 1.807) is 0 Å². The van der Waals surface area contributed by atoms with Crippen LogP contribution in [0.2, 0.25) is 0 Å². The van der Waals surface area contributed by atoms with Crippen LogP contribution >= 0.6 is 0 Å². The monoisotopic (exact) mass is 930 g/mol. The fourth-order valence-corrected chi connectivity index (χ4v) is 10.9. The molecule has 0 saturated heterocycles. The standard InChI is InChI=1S/C71H50N2/c1-49-25-37-58(38-26-49)72(68-23-13-11-21-64(68)52-17-7-3-8-18-52)60-41-29-54(30-42-60)62-45-33-56-36-48-67-63(46-34-57-35-47-66(62)70(56)71(57)67)55-31-43-61(44-32-55)73(59-39-27-51(28-40-59)50-15-5-2-6-16-50)69-24-14-12-22-65(69)53-19-9-4-10-20-53/h2-48H,1H3. The van der Waals surface area contributed by atoms with Crippen molar-refractivity contribution in [2.24, 2.45) is 0 Å². The highest BCUT2D eigenvalue weighted by Gasteiger charge is 2.21. The number of nitrogens with zero attached hydrogens (tertiary/aromatic N) is 2. The van der Waals surface area contributed by atoms with E-state index in [0.29, 0.717) is 0 Å². The SMILES string of the molecule is Cc1ccc(N(c2ccc(-c3ccc4ccc5c(-c6ccc(N(c7ccc(-c8ccccc8)cc7)c7ccccc7-c7ccccc7)cc6)ccc6ccc3c4c65)cc2)c2ccccc2-c2ccccc2)cc1. The van der Waals surface area contributed by atoms with E-state index in [2.05, 4.69) is 302 Å². The molecule has 0 saturated carbocycles. The molecule has 2 heteroatoms.